The Morgan fingerprint density at radius 1 is 0.636 bits per heavy atom. The summed E-state index contributed by atoms with van der Waals surface area (Å²) in [5, 5.41) is 38.8. The molecule has 0 bridgehead atoms. The lowest BCUT2D eigenvalue weighted by atomic mass is 10.1. The van der Waals surface area contributed by atoms with Crippen molar-refractivity contribution in [2.45, 2.75) is 39.0 Å². The van der Waals surface area contributed by atoms with Crippen molar-refractivity contribution in [3.63, 3.8) is 0 Å². The molecule has 0 spiro atoms. The molecule has 0 saturated carbocycles. The van der Waals surface area contributed by atoms with E-state index < -0.39 is 40.5 Å². The van der Waals surface area contributed by atoms with Crippen molar-refractivity contribution in [3.8, 4) is 0 Å². The molecule has 11 heteroatoms. The second-order valence-electron chi connectivity index (χ2n) is 8.01. The smallest absolute Gasteiger partial charge is 0.336 e. The first-order valence-corrected chi connectivity index (χ1v) is 15.4. The zero-order valence-electron chi connectivity index (χ0n) is 18.7. The Morgan fingerprint density at radius 3 is 1.18 bits per heavy atom. The number of rotatable bonds is 10. The Bertz CT molecular complexity index is 1040. The average Bonchev–Trinajstić information content (AvgIpc) is 2.77. The predicted molar refractivity (Wildman–Crippen MR) is 125 cm³/mol. The highest BCUT2D eigenvalue weighted by molar-refractivity contribution is 6.97. The first-order valence-electron chi connectivity index (χ1n) is 10.2. The minimum atomic E-state index is -2.81. The number of benzene rings is 2. The molecule has 2 aromatic carbocycles. The Morgan fingerprint density at radius 2 is 0.939 bits per heavy atom. The van der Waals surface area contributed by atoms with Crippen molar-refractivity contribution in [3.05, 3.63) is 58.7 Å². The molecule has 0 radical (unpaired) electrons. The Kier molecular flexibility index (Phi) is 7.62. The van der Waals surface area contributed by atoms with Crippen LogP contribution in [0.2, 0.25) is 25.2 Å². The van der Waals surface area contributed by atoms with Gasteiger partial charge >= 0.3 is 23.9 Å². The van der Waals surface area contributed by atoms with Crippen LogP contribution in [0.1, 0.15) is 55.3 Å². The van der Waals surface area contributed by atoms with Crippen LogP contribution in [0, 0.1) is 0 Å². The van der Waals surface area contributed by atoms with Crippen molar-refractivity contribution in [1.82, 2.24) is 0 Å². The molecule has 2 aromatic rings. The standard InChI is InChI=1S/C22H26O9Si2/c1-5-32(3,13-7-9-15(19(23)24)17(11-13)21(27)28)31-33(4,6-2)14-8-10-16(20(25)26)18(12-14)22(29)30/h7-12H,5-6H2,1-4H3,(H,23,24)(H,25,26)(H,27,28)(H,29,30). The largest absolute Gasteiger partial charge is 0.478 e. The van der Waals surface area contributed by atoms with Gasteiger partial charge in [0.1, 0.15) is 0 Å². The van der Waals surface area contributed by atoms with E-state index in [0.717, 1.165) is 0 Å². The molecule has 0 amide bonds. The number of carboxylic acid groups (broad SMARTS) is 4. The third-order valence-corrected chi connectivity index (χ3v) is 15.3. The van der Waals surface area contributed by atoms with Crippen LogP contribution in [0.3, 0.4) is 0 Å². The van der Waals surface area contributed by atoms with Crippen molar-refractivity contribution in [1.29, 1.82) is 0 Å². The van der Waals surface area contributed by atoms with Crippen LogP contribution in [-0.2, 0) is 4.12 Å². The molecule has 33 heavy (non-hydrogen) atoms. The fourth-order valence-electron chi connectivity index (χ4n) is 3.64. The van der Waals surface area contributed by atoms with Gasteiger partial charge in [0.25, 0.3) is 0 Å². The van der Waals surface area contributed by atoms with E-state index in [-0.39, 0.29) is 22.3 Å². The highest BCUT2D eigenvalue weighted by atomic mass is 28.4. The first kappa shape index (κ1) is 26.0. The van der Waals surface area contributed by atoms with Gasteiger partial charge in [-0.05, 0) is 59.8 Å². The van der Waals surface area contributed by atoms with E-state index in [4.69, 9.17) is 4.12 Å². The normalized spacial score (nSPS) is 14.7. The van der Waals surface area contributed by atoms with Gasteiger partial charge in [0.2, 0.25) is 16.6 Å². The maximum absolute atomic E-state index is 11.7. The second-order valence-corrected chi connectivity index (χ2v) is 16.3. The molecule has 176 valence electrons. The monoisotopic (exact) mass is 490 g/mol. The number of hydrogen-bond acceptors (Lipinski definition) is 5. The number of carbonyl (C=O) groups is 4. The molecule has 2 atom stereocenters. The van der Waals surface area contributed by atoms with Gasteiger partial charge in [-0.3, -0.25) is 0 Å². The van der Waals surface area contributed by atoms with E-state index >= 15 is 0 Å². The summed E-state index contributed by atoms with van der Waals surface area (Å²) in [5.41, 5.74) is -1.28. The lowest BCUT2D eigenvalue weighted by Crippen LogP contribution is -2.60. The summed E-state index contributed by atoms with van der Waals surface area (Å²) in [7, 11) is -5.62. The van der Waals surface area contributed by atoms with E-state index in [9.17, 15) is 39.6 Å². The fraction of sp³-hybridized carbons (Fsp3) is 0.273. The second kappa shape index (κ2) is 9.69. The highest BCUT2D eigenvalue weighted by Gasteiger charge is 2.41. The van der Waals surface area contributed by atoms with Gasteiger partial charge in [-0.15, -0.1) is 0 Å². The third-order valence-electron chi connectivity index (χ3n) is 5.98. The topological polar surface area (TPSA) is 158 Å². The Balaban J connectivity index is 2.61. The molecule has 2 unspecified atom stereocenters. The fourth-order valence-corrected chi connectivity index (χ4v) is 12.3. The zero-order valence-corrected chi connectivity index (χ0v) is 20.7. The van der Waals surface area contributed by atoms with Gasteiger partial charge in [0.05, 0.1) is 22.3 Å². The lowest BCUT2D eigenvalue weighted by molar-refractivity contribution is 0.0651. The Hall–Kier alpha value is -3.29. The molecule has 0 aliphatic rings. The van der Waals surface area contributed by atoms with Gasteiger partial charge in [-0.25, -0.2) is 19.2 Å². The van der Waals surface area contributed by atoms with Gasteiger partial charge in [0, 0.05) is 0 Å². The molecule has 0 aliphatic heterocycles. The lowest BCUT2D eigenvalue weighted by Gasteiger charge is -2.38. The molecule has 4 N–H and O–H groups in total. The number of carboxylic acids is 4. The number of aromatic carboxylic acids is 4. The van der Waals surface area contributed by atoms with Crippen LogP contribution in [0.4, 0.5) is 0 Å². The first-order chi connectivity index (χ1) is 15.3. The summed E-state index contributed by atoms with van der Waals surface area (Å²) in [6.45, 7) is 7.61. The summed E-state index contributed by atoms with van der Waals surface area (Å²) in [4.78, 5) is 46.1. The van der Waals surface area contributed by atoms with Crippen LogP contribution in [0.25, 0.3) is 0 Å². The van der Waals surface area contributed by atoms with E-state index in [0.29, 0.717) is 22.5 Å². The van der Waals surface area contributed by atoms with Crippen molar-refractivity contribution >= 4 is 50.9 Å². The molecule has 0 fully saturated rings. The van der Waals surface area contributed by atoms with Crippen LogP contribution in [0.15, 0.2) is 36.4 Å². The summed E-state index contributed by atoms with van der Waals surface area (Å²) in [5.74, 6) is -5.39. The van der Waals surface area contributed by atoms with Crippen LogP contribution >= 0.6 is 0 Å². The average molecular weight is 491 g/mol. The summed E-state index contributed by atoms with van der Waals surface area (Å²) in [6.07, 6.45) is 0. The number of hydrogen-bond donors (Lipinski definition) is 4. The Labute approximate surface area is 192 Å². The van der Waals surface area contributed by atoms with Crippen molar-refractivity contribution in [2.24, 2.45) is 0 Å². The molecule has 0 aromatic heterocycles. The van der Waals surface area contributed by atoms with Gasteiger partial charge in [-0.2, -0.15) is 0 Å². The van der Waals surface area contributed by atoms with Gasteiger partial charge < -0.3 is 24.5 Å². The summed E-state index contributed by atoms with van der Waals surface area (Å²) in [6, 6.07) is 9.49. The minimum absolute atomic E-state index is 0.315. The van der Waals surface area contributed by atoms with Crippen LogP contribution < -0.4 is 10.4 Å². The van der Waals surface area contributed by atoms with Crippen LogP contribution in [-0.4, -0.2) is 60.9 Å². The minimum Gasteiger partial charge on any atom is -0.478 e. The quantitative estimate of drug-likeness (QED) is 0.367. The van der Waals surface area contributed by atoms with Crippen molar-refractivity contribution < 1.29 is 43.7 Å². The van der Waals surface area contributed by atoms with Gasteiger partial charge in [-0.1, -0.05) is 26.0 Å². The van der Waals surface area contributed by atoms with E-state index in [1.165, 1.54) is 24.3 Å². The van der Waals surface area contributed by atoms with Gasteiger partial charge in [0.15, 0.2) is 0 Å². The van der Waals surface area contributed by atoms with E-state index in [1.807, 2.05) is 26.9 Å². The summed E-state index contributed by atoms with van der Waals surface area (Å²) >= 11 is 0. The van der Waals surface area contributed by atoms with E-state index in [1.54, 1.807) is 12.1 Å². The molecule has 0 heterocycles. The maximum atomic E-state index is 11.7. The SMILES string of the molecule is CC[Si](C)(O[Si](C)(CC)c1ccc(C(=O)O)c(C(=O)O)c1)c1ccc(C(=O)O)c(C(=O)O)c1. The van der Waals surface area contributed by atoms with Crippen LogP contribution in [0.5, 0.6) is 0 Å². The highest BCUT2D eigenvalue weighted by Crippen LogP contribution is 2.24. The zero-order chi connectivity index (χ0) is 25.1. The molecule has 0 aliphatic carbocycles. The molecule has 0 saturated heterocycles. The van der Waals surface area contributed by atoms with Crippen molar-refractivity contribution in [2.75, 3.05) is 0 Å². The molecule has 9 nitrogen and oxygen atoms in total. The summed E-state index contributed by atoms with van der Waals surface area (Å²) < 4.78 is 6.76. The molecular formula is C22H26O9Si2. The molecule has 2 rings (SSSR count). The maximum Gasteiger partial charge on any atom is 0.336 e. The third kappa shape index (κ3) is 5.21. The molecular weight excluding hydrogens is 464 g/mol. The predicted octanol–water partition coefficient (Wildman–Crippen LogP) is 2.80. The van der Waals surface area contributed by atoms with E-state index in [2.05, 4.69) is 0 Å².